The van der Waals surface area contributed by atoms with Crippen molar-refractivity contribution < 1.29 is 4.79 Å². The summed E-state index contributed by atoms with van der Waals surface area (Å²) in [6.07, 6.45) is 2.51. The van der Waals surface area contributed by atoms with Gasteiger partial charge >= 0.3 is 0 Å². The van der Waals surface area contributed by atoms with Gasteiger partial charge in [-0.2, -0.15) is 0 Å². The molecule has 0 N–H and O–H groups in total. The van der Waals surface area contributed by atoms with Crippen molar-refractivity contribution in [2.24, 2.45) is 0 Å². The highest BCUT2D eigenvalue weighted by Crippen LogP contribution is 2.14. The Hall–Kier alpha value is -1.16. The van der Waals surface area contributed by atoms with E-state index in [-0.39, 0.29) is 0 Å². The standard InChI is InChI=1S/C7H6N2OS/c1-5-4-11-7-8-6(3-10)2-9(5)7/h2-4H,1H3. The number of hydrogen-bond acceptors (Lipinski definition) is 3. The van der Waals surface area contributed by atoms with E-state index in [4.69, 9.17) is 0 Å². The molecular weight excluding hydrogens is 160 g/mol. The zero-order chi connectivity index (χ0) is 7.84. The average molecular weight is 166 g/mol. The molecule has 11 heavy (non-hydrogen) atoms. The van der Waals surface area contributed by atoms with Crippen molar-refractivity contribution in [1.29, 1.82) is 0 Å². The lowest BCUT2D eigenvalue weighted by atomic mass is 10.5. The van der Waals surface area contributed by atoms with Crippen LogP contribution >= 0.6 is 11.3 Å². The highest BCUT2D eigenvalue weighted by atomic mass is 32.1. The number of nitrogens with zero attached hydrogens (tertiary/aromatic N) is 2. The lowest BCUT2D eigenvalue weighted by Crippen LogP contribution is -1.78. The lowest BCUT2D eigenvalue weighted by molar-refractivity contribution is 0.111. The van der Waals surface area contributed by atoms with Gasteiger partial charge in [0.1, 0.15) is 5.69 Å². The van der Waals surface area contributed by atoms with Crippen LogP contribution in [0.2, 0.25) is 0 Å². The molecule has 2 aromatic heterocycles. The molecule has 0 aliphatic heterocycles. The molecule has 0 bridgehead atoms. The number of aldehydes is 1. The third-order valence-corrected chi connectivity index (χ3v) is 2.49. The van der Waals surface area contributed by atoms with Crippen molar-refractivity contribution in [3.8, 4) is 0 Å². The second kappa shape index (κ2) is 2.17. The largest absolute Gasteiger partial charge is 0.296 e. The first-order chi connectivity index (χ1) is 5.31. The number of rotatable bonds is 1. The van der Waals surface area contributed by atoms with E-state index >= 15 is 0 Å². The van der Waals surface area contributed by atoms with Crippen molar-refractivity contribution in [2.45, 2.75) is 6.92 Å². The summed E-state index contributed by atoms with van der Waals surface area (Å²) >= 11 is 1.54. The molecule has 0 fully saturated rings. The average Bonchev–Trinajstić information content (AvgIpc) is 2.53. The molecule has 0 atom stereocenters. The van der Waals surface area contributed by atoms with Crippen molar-refractivity contribution >= 4 is 22.6 Å². The summed E-state index contributed by atoms with van der Waals surface area (Å²) in [7, 11) is 0. The Morgan fingerprint density at radius 1 is 1.73 bits per heavy atom. The summed E-state index contributed by atoms with van der Waals surface area (Å²) in [4.78, 5) is 15.3. The van der Waals surface area contributed by atoms with Gasteiger partial charge in [-0.05, 0) is 6.92 Å². The fourth-order valence-corrected chi connectivity index (χ4v) is 1.83. The molecule has 0 aromatic carbocycles. The maximum atomic E-state index is 10.3. The smallest absolute Gasteiger partial charge is 0.194 e. The Labute approximate surface area is 67.3 Å². The fourth-order valence-electron chi connectivity index (χ4n) is 0.968. The molecule has 0 aliphatic carbocycles. The van der Waals surface area contributed by atoms with Gasteiger partial charge in [0.25, 0.3) is 0 Å². The van der Waals surface area contributed by atoms with Gasteiger partial charge in [0.2, 0.25) is 0 Å². The van der Waals surface area contributed by atoms with Crippen LogP contribution in [0.25, 0.3) is 4.96 Å². The molecule has 0 amide bonds. The Morgan fingerprint density at radius 3 is 3.18 bits per heavy atom. The number of thiazole rings is 1. The third kappa shape index (κ3) is 0.867. The van der Waals surface area contributed by atoms with E-state index in [1.165, 1.54) is 0 Å². The zero-order valence-corrected chi connectivity index (χ0v) is 6.76. The third-order valence-electron chi connectivity index (χ3n) is 1.53. The molecular formula is C7H6N2OS. The second-order valence-electron chi connectivity index (χ2n) is 2.31. The monoisotopic (exact) mass is 166 g/mol. The molecule has 56 valence electrons. The number of aryl methyl sites for hydroxylation is 1. The molecule has 0 radical (unpaired) electrons. The minimum atomic E-state index is 0.500. The first-order valence-electron chi connectivity index (χ1n) is 3.19. The molecule has 0 unspecified atom stereocenters. The molecule has 0 aliphatic rings. The molecule has 3 nitrogen and oxygen atoms in total. The Kier molecular flexibility index (Phi) is 1.29. The van der Waals surface area contributed by atoms with Gasteiger partial charge in [-0.15, -0.1) is 11.3 Å². The summed E-state index contributed by atoms with van der Waals surface area (Å²) in [5, 5.41) is 2.01. The highest BCUT2D eigenvalue weighted by molar-refractivity contribution is 7.15. The molecule has 2 rings (SSSR count). The summed E-state index contributed by atoms with van der Waals surface area (Å²) in [6, 6.07) is 0. The molecule has 2 aromatic rings. The lowest BCUT2D eigenvalue weighted by Gasteiger charge is -1.82. The van der Waals surface area contributed by atoms with Crippen LogP contribution in [0.4, 0.5) is 0 Å². The molecule has 2 heterocycles. The number of hydrogen-bond donors (Lipinski definition) is 0. The summed E-state index contributed by atoms with van der Waals surface area (Å²) < 4.78 is 1.91. The number of aromatic nitrogens is 2. The van der Waals surface area contributed by atoms with Crippen molar-refractivity contribution in [3.05, 3.63) is 23.0 Å². The topological polar surface area (TPSA) is 34.4 Å². The minimum Gasteiger partial charge on any atom is -0.296 e. The maximum absolute atomic E-state index is 10.3. The molecule has 0 spiro atoms. The quantitative estimate of drug-likeness (QED) is 0.602. The Morgan fingerprint density at radius 2 is 2.55 bits per heavy atom. The Bertz CT molecular complexity index is 401. The highest BCUT2D eigenvalue weighted by Gasteiger charge is 2.02. The summed E-state index contributed by atoms with van der Waals surface area (Å²) in [6.45, 7) is 1.99. The van der Waals surface area contributed by atoms with E-state index in [1.807, 2.05) is 16.7 Å². The molecule has 0 saturated carbocycles. The fraction of sp³-hybridized carbons (Fsp3) is 0.143. The Balaban J connectivity index is 2.79. The van der Waals surface area contributed by atoms with E-state index in [2.05, 4.69) is 4.98 Å². The molecule has 0 saturated heterocycles. The van der Waals surface area contributed by atoms with Gasteiger partial charge in [-0.25, -0.2) is 4.98 Å². The van der Waals surface area contributed by atoms with Crippen molar-refractivity contribution in [3.63, 3.8) is 0 Å². The van der Waals surface area contributed by atoms with Crippen LogP contribution in [0.3, 0.4) is 0 Å². The number of imidazole rings is 1. The van der Waals surface area contributed by atoms with Gasteiger partial charge in [0.05, 0.1) is 0 Å². The van der Waals surface area contributed by atoms with Crippen LogP contribution < -0.4 is 0 Å². The van der Waals surface area contributed by atoms with E-state index in [0.717, 1.165) is 16.9 Å². The van der Waals surface area contributed by atoms with Gasteiger partial charge in [0.15, 0.2) is 11.2 Å². The van der Waals surface area contributed by atoms with Crippen LogP contribution in [-0.4, -0.2) is 15.7 Å². The summed E-state index contributed by atoms with van der Waals surface area (Å²) in [5.74, 6) is 0. The van der Waals surface area contributed by atoms with Crippen LogP contribution in [0, 0.1) is 6.92 Å². The van der Waals surface area contributed by atoms with Crippen LogP contribution in [0.1, 0.15) is 16.2 Å². The van der Waals surface area contributed by atoms with Crippen molar-refractivity contribution in [1.82, 2.24) is 9.38 Å². The number of carbonyl (C=O) groups is 1. The predicted octanol–water partition coefficient (Wildman–Crippen LogP) is 1.52. The first-order valence-corrected chi connectivity index (χ1v) is 4.07. The summed E-state index contributed by atoms with van der Waals surface area (Å²) in [5.41, 5.74) is 1.62. The van der Waals surface area contributed by atoms with E-state index in [0.29, 0.717) is 5.69 Å². The van der Waals surface area contributed by atoms with E-state index in [1.54, 1.807) is 17.5 Å². The maximum Gasteiger partial charge on any atom is 0.194 e. The zero-order valence-electron chi connectivity index (χ0n) is 5.94. The molecule has 4 heteroatoms. The van der Waals surface area contributed by atoms with Crippen molar-refractivity contribution in [2.75, 3.05) is 0 Å². The van der Waals surface area contributed by atoms with Crippen LogP contribution in [0.5, 0.6) is 0 Å². The minimum absolute atomic E-state index is 0.500. The second-order valence-corrected chi connectivity index (χ2v) is 3.15. The van der Waals surface area contributed by atoms with Crippen LogP contribution in [-0.2, 0) is 0 Å². The van der Waals surface area contributed by atoms with Gasteiger partial charge in [-0.3, -0.25) is 9.20 Å². The first kappa shape index (κ1) is 6.54. The number of fused-ring (bicyclic) bond motifs is 1. The van der Waals surface area contributed by atoms with Gasteiger partial charge in [-0.1, -0.05) is 0 Å². The number of carbonyl (C=O) groups excluding carboxylic acids is 1. The van der Waals surface area contributed by atoms with E-state index < -0.39 is 0 Å². The van der Waals surface area contributed by atoms with Gasteiger partial charge < -0.3 is 0 Å². The normalized spacial score (nSPS) is 10.6. The van der Waals surface area contributed by atoms with E-state index in [9.17, 15) is 4.79 Å². The SMILES string of the molecule is Cc1csc2nc(C=O)cn12. The van der Waals surface area contributed by atoms with Crippen LogP contribution in [0.15, 0.2) is 11.6 Å². The van der Waals surface area contributed by atoms with Gasteiger partial charge in [0, 0.05) is 17.3 Å². The predicted molar refractivity (Wildman–Crippen MR) is 43.2 cm³/mol.